The SMILES string of the molecule is C=C1c2ccccc2-c2ccc(-c3ccc(Cl)c(Nc4cccc5c4sc4ccccc45)c3)c(/C=C\C)c21. The van der Waals surface area contributed by atoms with Crippen LogP contribution in [-0.4, -0.2) is 0 Å². The van der Waals surface area contributed by atoms with Gasteiger partial charge in [0.15, 0.2) is 0 Å². The number of halogens is 1. The smallest absolute Gasteiger partial charge is 0.0641 e. The molecule has 0 amide bonds. The number of allylic oxidation sites excluding steroid dienone is 1. The molecule has 6 aromatic rings. The number of hydrogen-bond donors (Lipinski definition) is 1. The van der Waals surface area contributed by atoms with Gasteiger partial charge in [-0.3, -0.25) is 0 Å². The Balaban J connectivity index is 1.35. The van der Waals surface area contributed by atoms with E-state index < -0.39 is 0 Å². The van der Waals surface area contributed by atoms with Gasteiger partial charge in [-0.25, -0.2) is 0 Å². The number of fused-ring (bicyclic) bond motifs is 6. The summed E-state index contributed by atoms with van der Waals surface area (Å²) in [6.45, 7) is 6.55. The zero-order chi connectivity index (χ0) is 25.8. The van der Waals surface area contributed by atoms with Crippen LogP contribution in [0, 0.1) is 0 Å². The molecule has 5 aromatic carbocycles. The molecule has 182 valence electrons. The molecular weight excluding hydrogens is 502 g/mol. The topological polar surface area (TPSA) is 12.0 Å². The van der Waals surface area contributed by atoms with E-state index in [-0.39, 0.29) is 0 Å². The van der Waals surface area contributed by atoms with Gasteiger partial charge in [0.25, 0.3) is 0 Å². The van der Waals surface area contributed by atoms with Crippen LogP contribution in [0.4, 0.5) is 11.4 Å². The zero-order valence-corrected chi connectivity index (χ0v) is 22.5. The fraction of sp³-hybridized carbons (Fsp3) is 0.0286. The highest BCUT2D eigenvalue weighted by atomic mass is 35.5. The molecule has 0 saturated heterocycles. The van der Waals surface area contributed by atoms with Gasteiger partial charge >= 0.3 is 0 Å². The number of anilines is 2. The Morgan fingerprint density at radius 3 is 2.37 bits per heavy atom. The van der Waals surface area contributed by atoms with Crippen molar-refractivity contribution < 1.29 is 0 Å². The minimum atomic E-state index is 0.692. The molecule has 0 atom stereocenters. The summed E-state index contributed by atoms with van der Waals surface area (Å²) >= 11 is 8.56. The van der Waals surface area contributed by atoms with Crippen molar-refractivity contribution in [2.24, 2.45) is 0 Å². The number of rotatable bonds is 4. The van der Waals surface area contributed by atoms with Crippen LogP contribution in [0.3, 0.4) is 0 Å². The maximum absolute atomic E-state index is 6.76. The number of nitrogens with one attached hydrogen (secondary N) is 1. The molecule has 0 bridgehead atoms. The lowest BCUT2D eigenvalue weighted by Gasteiger charge is -2.16. The molecule has 3 heteroatoms. The van der Waals surface area contributed by atoms with Crippen molar-refractivity contribution >= 4 is 66.1 Å². The van der Waals surface area contributed by atoms with Gasteiger partial charge in [-0.1, -0.05) is 103 Å². The largest absolute Gasteiger partial charge is 0.353 e. The van der Waals surface area contributed by atoms with Crippen LogP contribution in [0.25, 0.3) is 54.1 Å². The maximum Gasteiger partial charge on any atom is 0.0641 e. The number of hydrogen-bond acceptors (Lipinski definition) is 2. The first-order chi connectivity index (χ1) is 18.6. The van der Waals surface area contributed by atoms with Crippen LogP contribution in [-0.2, 0) is 0 Å². The highest BCUT2D eigenvalue weighted by molar-refractivity contribution is 7.26. The molecule has 1 heterocycles. The maximum atomic E-state index is 6.76. The Bertz CT molecular complexity index is 1940. The van der Waals surface area contributed by atoms with Crippen LogP contribution < -0.4 is 5.32 Å². The summed E-state index contributed by atoms with van der Waals surface area (Å²) in [6.07, 6.45) is 4.30. The minimum Gasteiger partial charge on any atom is -0.353 e. The molecule has 0 saturated carbocycles. The first-order valence-corrected chi connectivity index (χ1v) is 13.9. The normalized spacial score (nSPS) is 12.4. The van der Waals surface area contributed by atoms with E-state index in [1.807, 2.05) is 6.07 Å². The Kier molecular flexibility index (Phi) is 5.47. The molecule has 0 radical (unpaired) electrons. The molecule has 7 rings (SSSR count). The van der Waals surface area contributed by atoms with Gasteiger partial charge in [0.05, 0.1) is 21.1 Å². The molecule has 0 aliphatic heterocycles. The molecule has 1 aliphatic rings. The summed E-state index contributed by atoms with van der Waals surface area (Å²) in [6, 6.07) is 34.2. The fourth-order valence-electron chi connectivity index (χ4n) is 5.66. The van der Waals surface area contributed by atoms with Crippen LogP contribution in [0.2, 0.25) is 5.02 Å². The van der Waals surface area contributed by atoms with Crippen LogP contribution >= 0.6 is 22.9 Å². The van der Waals surface area contributed by atoms with E-state index >= 15 is 0 Å². The summed E-state index contributed by atoms with van der Waals surface area (Å²) in [5.74, 6) is 0. The third kappa shape index (κ3) is 3.53. The zero-order valence-electron chi connectivity index (χ0n) is 20.9. The monoisotopic (exact) mass is 525 g/mol. The Morgan fingerprint density at radius 1 is 0.737 bits per heavy atom. The van der Waals surface area contributed by atoms with Gasteiger partial charge in [0.2, 0.25) is 0 Å². The number of benzene rings is 5. The van der Waals surface area contributed by atoms with E-state index in [9.17, 15) is 0 Å². The molecule has 1 N–H and O–H groups in total. The van der Waals surface area contributed by atoms with Crippen LogP contribution in [0.5, 0.6) is 0 Å². The summed E-state index contributed by atoms with van der Waals surface area (Å²) in [5, 5.41) is 6.89. The van der Waals surface area contributed by atoms with Crippen molar-refractivity contribution in [3.63, 3.8) is 0 Å². The molecule has 1 aromatic heterocycles. The van der Waals surface area contributed by atoms with Gasteiger partial charge in [0, 0.05) is 15.5 Å². The predicted octanol–water partition coefficient (Wildman–Crippen LogP) is 11.2. The predicted molar refractivity (Wildman–Crippen MR) is 168 cm³/mol. The molecule has 1 nitrogen and oxygen atoms in total. The molecular formula is C35H24ClNS. The molecule has 1 aliphatic carbocycles. The highest BCUT2D eigenvalue weighted by Gasteiger charge is 2.25. The lowest BCUT2D eigenvalue weighted by atomic mass is 9.90. The van der Waals surface area contributed by atoms with E-state index in [1.54, 1.807) is 11.3 Å². The van der Waals surface area contributed by atoms with E-state index in [1.165, 1.54) is 48.0 Å². The Hall–Kier alpha value is -4.11. The van der Waals surface area contributed by atoms with Crippen molar-refractivity contribution in [3.05, 3.63) is 131 Å². The van der Waals surface area contributed by atoms with Gasteiger partial charge in [-0.2, -0.15) is 0 Å². The lowest BCUT2D eigenvalue weighted by Crippen LogP contribution is -1.95. The van der Waals surface area contributed by atoms with Crippen LogP contribution in [0.15, 0.2) is 110 Å². The lowest BCUT2D eigenvalue weighted by molar-refractivity contribution is 1.54. The molecule has 0 fully saturated rings. The third-order valence-electron chi connectivity index (χ3n) is 7.37. The van der Waals surface area contributed by atoms with Gasteiger partial charge in [-0.05, 0) is 75.7 Å². The first kappa shape index (κ1) is 23.0. The third-order valence-corrected chi connectivity index (χ3v) is 8.92. The van der Waals surface area contributed by atoms with Crippen molar-refractivity contribution in [2.75, 3.05) is 5.32 Å². The second-order valence-corrected chi connectivity index (χ2v) is 11.0. The molecule has 38 heavy (non-hydrogen) atoms. The summed E-state index contributed by atoms with van der Waals surface area (Å²) in [7, 11) is 0. The molecule has 0 unspecified atom stereocenters. The summed E-state index contributed by atoms with van der Waals surface area (Å²) in [4.78, 5) is 0. The molecule has 0 spiro atoms. The summed E-state index contributed by atoms with van der Waals surface area (Å²) in [5.41, 5.74) is 11.4. The van der Waals surface area contributed by atoms with Gasteiger partial charge < -0.3 is 5.32 Å². The van der Waals surface area contributed by atoms with Gasteiger partial charge in [-0.15, -0.1) is 11.3 Å². The minimum absolute atomic E-state index is 0.692. The van der Waals surface area contributed by atoms with E-state index in [4.69, 9.17) is 11.6 Å². The first-order valence-electron chi connectivity index (χ1n) is 12.7. The summed E-state index contributed by atoms with van der Waals surface area (Å²) < 4.78 is 2.52. The van der Waals surface area contributed by atoms with Crippen LogP contribution in [0.1, 0.15) is 23.6 Å². The van der Waals surface area contributed by atoms with Crippen molar-refractivity contribution in [1.82, 2.24) is 0 Å². The average Bonchev–Trinajstić information content (AvgIpc) is 3.47. The Morgan fingerprint density at radius 2 is 1.50 bits per heavy atom. The van der Waals surface area contributed by atoms with Gasteiger partial charge in [0.1, 0.15) is 0 Å². The second kappa shape index (κ2) is 9.02. The van der Waals surface area contributed by atoms with E-state index in [2.05, 4.69) is 122 Å². The number of thiophene rings is 1. The average molecular weight is 526 g/mol. The van der Waals surface area contributed by atoms with Crippen molar-refractivity contribution in [3.8, 4) is 22.3 Å². The quantitative estimate of drug-likeness (QED) is 0.241. The van der Waals surface area contributed by atoms with E-state index in [0.717, 1.165) is 28.1 Å². The fourth-order valence-corrected chi connectivity index (χ4v) is 6.99. The Labute approximate surface area is 231 Å². The highest BCUT2D eigenvalue weighted by Crippen LogP contribution is 2.48. The standard InChI is InChI=1S/C35H24ClNS/c1-3-9-27-24(17-18-28-25-11-5-4-10-23(25)21(2)34(27)28)22-16-19-30(36)32(20-22)37-31-14-8-13-29-26-12-6-7-15-33(26)38-35(29)31/h3-20,37H,2H2,1H3/b9-3-. The van der Waals surface area contributed by atoms with E-state index in [0.29, 0.717) is 5.02 Å². The van der Waals surface area contributed by atoms with Crippen molar-refractivity contribution in [1.29, 1.82) is 0 Å². The second-order valence-electron chi connectivity index (χ2n) is 9.57. The van der Waals surface area contributed by atoms with Crippen molar-refractivity contribution in [2.45, 2.75) is 6.92 Å².